The second-order valence-electron chi connectivity index (χ2n) is 3.50. The number of rotatable bonds is 3. The standard InChI is InChI=1S/C12H8Cl2N2O2/c1-7(17)9(12-16-15-6-18-12)5-8-3-2-4-10(13)11(8)14/h2-6H,1H3/b9-5-. The molecule has 18 heavy (non-hydrogen) atoms. The summed E-state index contributed by atoms with van der Waals surface area (Å²) in [5.74, 6) is -0.0474. The Hall–Kier alpha value is -1.65. The van der Waals surface area contributed by atoms with E-state index in [4.69, 9.17) is 27.6 Å². The molecule has 0 bridgehead atoms. The molecule has 4 nitrogen and oxygen atoms in total. The number of allylic oxidation sites excluding steroid dienone is 1. The van der Waals surface area contributed by atoms with Crippen molar-refractivity contribution in [3.8, 4) is 0 Å². The summed E-state index contributed by atoms with van der Waals surface area (Å²) >= 11 is 12.0. The highest BCUT2D eigenvalue weighted by Gasteiger charge is 2.14. The summed E-state index contributed by atoms with van der Waals surface area (Å²) in [7, 11) is 0. The van der Waals surface area contributed by atoms with Crippen LogP contribution in [0.4, 0.5) is 0 Å². The Bertz CT molecular complexity index is 607. The summed E-state index contributed by atoms with van der Waals surface area (Å²) in [5, 5.41) is 8.03. The van der Waals surface area contributed by atoms with Gasteiger partial charge < -0.3 is 4.42 Å². The molecule has 0 unspecified atom stereocenters. The van der Waals surface area contributed by atoms with Crippen LogP contribution >= 0.6 is 23.2 Å². The molecule has 1 aromatic heterocycles. The van der Waals surface area contributed by atoms with Crippen molar-refractivity contribution in [2.75, 3.05) is 0 Å². The zero-order valence-electron chi connectivity index (χ0n) is 9.35. The lowest BCUT2D eigenvalue weighted by molar-refractivity contribution is -0.111. The molecule has 0 aliphatic carbocycles. The molecule has 0 amide bonds. The van der Waals surface area contributed by atoms with Gasteiger partial charge in [-0.05, 0) is 24.6 Å². The maximum atomic E-state index is 11.6. The number of hydrogen-bond donors (Lipinski definition) is 0. The fourth-order valence-corrected chi connectivity index (χ4v) is 1.75. The first-order valence-electron chi connectivity index (χ1n) is 5.03. The summed E-state index contributed by atoms with van der Waals surface area (Å²) in [5.41, 5.74) is 0.907. The van der Waals surface area contributed by atoms with Crippen molar-refractivity contribution in [1.29, 1.82) is 0 Å². The number of ketones is 1. The molecule has 6 heteroatoms. The van der Waals surface area contributed by atoms with Crippen molar-refractivity contribution in [3.63, 3.8) is 0 Å². The van der Waals surface area contributed by atoms with Gasteiger partial charge in [0.2, 0.25) is 6.39 Å². The van der Waals surface area contributed by atoms with Gasteiger partial charge in [0.25, 0.3) is 5.89 Å². The molecule has 0 saturated carbocycles. The molecule has 0 aliphatic heterocycles. The summed E-state index contributed by atoms with van der Waals surface area (Å²) in [4.78, 5) is 11.6. The highest BCUT2D eigenvalue weighted by molar-refractivity contribution is 6.43. The third-order valence-corrected chi connectivity index (χ3v) is 3.08. The number of carbonyl (C=O) groups excluding carboxylic acids is 1. The van der Waals surface area contributed by atoms with Gasteiger partial charge in [0.15, 0.2) is 5.78 Å². The van der Waals surface area contributed by atoms with Crippen molar-refractivity contribution >= 4 is 40.6 Å². The number of halogens is 2. The lowest BCUT2D eigenvalue weighted by atomic mass is 10.1. The van der Waals surface area contributed by atoms with Gasteiger partial charge >= 0.3 is 0 Å². The van der Waals surface area contributed by atoms with Gasteiger partial charge in [-0.15, -0.1) is 10.2 Å². The lowest BCUT2D eigenvalue weighted by Crippen LogP contribution is -1.96. The van der Waals surface area contributed by atoms with E-state index in [1.165, 1.54) is 6.92 Å². The van der Waals surface area contributed by atoms with Gasteiger partial charge in [-0.25, -0.2) is 0 Å². The SMILES string of the molecule is CC(=O)/C(=C/c1cccc(Cl)c1Cl)c1nnco1. The molecular formula is C12H8Cl2N2O2. The van der Waals surface area contributed by atoms with Crippen molar-refractivity contribution in [2.45, 2.75) is 6.92 Å². The van der Waals surface area contributed by atoms with E-state index in [-0.39, 0.29) is 17.2 Å². The Kier molecular flexibility index (Phi) is 3.79. The second-order valence-corrected chi connectivity index (χ2v) is 4.29. The van der Waals surface area contributed by atoms with Gasteiger partial charge in [-0.3, -0.25) is 4.79 Å². The van der Waals surface area contributed by atoms with E-state index >= 15 is 0 Å². The van der Waals surface area contributed by atoms with Crippen LogP contribution in [0.3, 0.4) is 0 Å². The zero-order valence-corrected chi connectivity index (χ0v) is 10.9. The topological polar surface area (TPSA) is 56.0 Å². The zero-order chi connectivity index (χ0) is 13.1. The number of aromatic nitrogens is 2. The van der Waals surface area contributed by atoms with Crippen molar-refractivity contribution in [1.82, 2.24) is 10.2 Å². The molecule has 0 spiro atoms. The van der Waals surface area contributed by atoms with Crippen molar-refractivity contribution in [2.24, 2.45) is 0 Å². The number of nitrogens with zero attached hydrogens (tertiary/aromatic N) is 2. The summed E-state index contributed by atoms with van der Waals surface area (Å²) in [6.45, 7) is 1.41. The van der Waals surface area contributed by atoms with Gasteiger partial charge in [-0.1, -0.05) is 35.3 Å². The highest BCUT2D eigenvalue weighted by Crippen LogP contribution is 2.28. The molecule has 0 aliphatic rings. The summed E-state index contributed by atoms with van der Waals surface area (Å²) in [6.07, 6.45) is 2.73. The van der Waals surface area contributed by atoms with Crippen LogP contribution in [0, 0.1) is 0 Å². The Morgan fingerprint density at radius 3 is 2.78 bits per heavy atom. The number of benzene rings is 1. The number of hydrogen-bond acceptors (Lipinski definition) is 4. The van der Waals surface area contributed by atoms with Crippen LogP contribution in [0.1, 0.15) is 18.4 Å². The third-order valence-electron chi connectivity index (χ3n) is 2.25. The first-order chi connectivity index (χ1) is 8.59. The van der Waals surface area contributed by atoms with Crippen LogP contribution in [0.25, 0.3) is 11.6 Å². The molecule has 0 radical (unpaired) electrons. The average molecular weight is 283 g/mol. The minimum absolute atomic E-state index is 0.151. The van der Waals surface area contributed by atoms with E-state index in [1.54, 1.807) is 24.3 Å². The Morgan fingerprint density at radius 2 is 2.17 bits per heavy atom. The predicted octanol–water partition coefficient (Wildman–Crippen LogP) is 3.51. The minimum Gasteiger partial charge on any atom is -0.423 e. The van der Waals surface area contributed by atoms with Crippen LogP contribution < -0.4 is 0 Å². The maximum absolute atomic E-state index is 11.6. The van der Waals surface area contributed by atoms with Crippen molar-refractivity contribution in [3.05, 3.63) is 46.1 Å². The molecule has 2 aromatic rings. The average Bonchev–Trinajstić information content (AvgIpc) is 2.84. The Labute approximate surface area is 113 Å². The molecule has 0 fully saturated rings. The smallest absolute Gasteiger partial charge is 0.251 e. The van der Waals surface area contributed by atoms with E-state index in [2.05, 4.69) is 10.2 Å². The Balaban J connectivity index is 2.52. The van der Waals surface area contributed by atoms with E-state index in [9.17, 15) is 4.79 Å². The van der Waals surface area contributed by atoms with Crippen LogP contribution in [-0.4, -0.2) is 16.0 Å². The molecule has 0 saturated heterocycles. The fourth-order valence-electron chi connectivity index (χ4n) is 1.39. The van der Waals surface area contributed by atoms with Gasteiger partial charge in [-0.2, -0.15) is 0 Å². The summed E-state index contributed by atoms with van der Waals surface area (Å²) in [6, 6.07) is 5.15. The quantitative estimate of drug-likeness (QED) is 0.809. The molecule has 1 aromatic carbocycles. The minimum atomic E-state index is -0.199. The molecular weight excluding hydrogens is 275 g/mol. The number of Topliss-reactive ketones (excluding diaryl/α,β-unsaturated/α-hetero) is 1. The largest absolute Gasteiger partial charge is 0.423 e. The van der Waals surface area contributed by atoms with E-state index in [1.807, 2.05) is 0 Å². The molecule has 0 N–H and O–H groups in total. The van der Waals surface area contributed by atoms with Crippen molar-refractivity contribution < 1.29 is 9.21 Å². The monoisotopic (exact) mass is 282 g/mol. The van der Waals surface area contributed by atoms with Gasteiger partial charge in [0.1, 0.15) is 0 Å². The second kappa shape index (κ2) is 5.33. The molecule has 92 valence electrons. The Morgan fingerprint density at radius 1 is 1.39 bits per heavy atom. The third kappa shape index (κ3) is 2.60. The van der Waals surface area contributed by atoms with E-state index in [0.29, 0.717) is 15.6 Å². The molecule has 2 rings (SSSR count). The van der Waals surface area contributed by atoms with Gasteiger partial charge in [0.05, 0.1) is 15.6 Å². The van der Waals surface area contributed by atoms with Crippen LogP contribution in [0.2, 0.25) is 10.0 Å². The van der Waals surface area contributed by atoms with Gasteiger partial charge in [0, 0.05) is 0 Å². The van der Waals surface area contributed by atoms with Crippen LogP contribution in [0.15, 0.2) is 29.0 Å². The molecule has 0 atom stereocenters. The fraction of sp³-hybridized carbons (Fsp3) is 0.0833. The first kappa shape index (κ1) is 12.8. The summed E-state index contributed by atoms with van der Waals surface area (Å²) < 4.78 is 5.01. The lowest BCUT2D eigenvalue weighted by Gasteiger charge is -2.02. The maximum Gasteiger partial charge on any atom is 0.251 e. The first-order valence-corrected chi connectivity index (χ1v) is 5.78. The number of carbonyl (C=O) groups is 1. The predicted molar refractivity (Wildman–Crippen MR) is 69.3 cm³/mol. The highest BCUT2D eigenvalue weighted by atomic mass is 35.5. The van der Waals surface area contributed by atoms with E-state index in [0.717, 1.165) is 6.39 Å². The van der Waals surface area contributed by atoms with Crippen LogP contribution in [0.5, 0.6) is 0 Å². The van der Waals surface area contributed by atoms with Crippen LogP contribution in [-0.2, 0) is 4.79 Å². The molecule has 1 heterocycles. The van der Waals surface area contributed by atoms with E-state index < -0.39 is 0 Å². The normalized spacial score (nSPS) is 11.6.